The van der Waals surface area contributed by atoms with Gasteiger partial charge in [0.05, 0.1) is 12.6 Å². The van der Waals surface area contributed by atoms with E-state index >= 15 is 0 Å². The number of aryl methyl sites for hydroxylation is 1. The summed E-state index contributed by atoms with van der Waals surface area (Å²) in [6.07, 6.45) is 0. The zero-order valence-corrected chi connectivity index (χ0v) is 18.4. The number of sulfonamides is 1. The number of rotatable bonds is 7. The molecule has 0 aliphatic heterocycles. The lowest BCUT2D eigenvalue weighted by Crippen LogP contribution is -2.38. The Morgan fingerprint density at radius 3 is 2.61 bits per heavy atom. The second kappa shape index (κ2) is 9.49. The summed E-state index contributed by atoms with van der Waals surface area (Å²) >= 11 is 1.21. The molecule has 154 valence electrons. The minimum atomic E-state index is -3.43. The van der Waals surface area contributed by atoms with Crippen LogP contribution in [0.3, 0.4) is 0 Å². The SMILES string of the molecule is CCNC(=NCc1ccc(S(=O)(=O)N(C)C)s1)NC(C)c1ccc(C)c(F)c1. The summed E-state index contributed by atoms with van der Waals surface area (Å²) in [5.74, 6) is 0.350. The molecule has 1 aromatic carbocycles. The molecule has 0 saturated carbocycles. The summed E-state index contributed by atoms with van der Waals surface area (Å²) in [5.41, 5.74) is 1.43. The Morgan fingerprint density at radius 2 is 2.00 bits per heavy atom. The van der Waals surface area contributed by atoms with Crippen LogP contribution in [0.4, 0.5) is 4.39 Å². The lowest BCUT2D eigenvalue weighted by molar-refractivity contribution is 0.523. The van der Waals surface area contributed by atoms with Crippen molar-refractivity contribution in [3.63, 3.8) is 0 Å². The van der Waals surface area contributed by atoms with Crippen molar-refractivity contribution in [2.75, 3.05) is 20.6 Å². The van der Waals surface area contributed by atoms with Gasteiger partial charge in [0.25, 0.3) is 10.0 Å². The molecule has 0 bridgehead atoms. The Morgan fingerprint density at radius 1 is 1.29 bits per heavy atom. The average Bonchev–Trinajstić information content (AvgIpc) is 3.11. The van der Waals surface area contributed by atoms with Crippen LogP contribution in [0, 0.1) is 12.7 Å². The number of thiophene rings is 1. The van der Waals surface area contributed by atoms with E-state index in [1.165, 1.54) is 35.8 Å². The summed E-state index contributed by atoms with van der Waals surface area (Å²) in [7, 11) is -0.412. The number of hydrogen-bond acceptors (Lipinski definition) is 4. The molecular formula is C19H27FN4O2S2. The fraction of sp³-hybridized carbons (Fsp3) is 0.421. The molecule has 0 aliphatic rings. The molecule has 0 fully saturated rings. The van der Waals surface area contributed by atoms with E-state index in [2.05, 4.69) is 15.6 Å². The van der Waals surface area contributed by atoms with Crippen molar-refractivity contribution < 1.29 is 12.8 Å². The van der Waals surface area contributed by atoms with Gasteiger partial charge in [-0.15, -0.1) is 11.3 Å². The summed E-state index contributed by atoms with van der Waals surface area (Å²) < 4.78 is 39.7. The van der Waals surface area contributed by atoms with Crippen molar-refractivity contribution in [1.29, 1.82) is 0 Å². The zero-order valence-electron chi connectivity index (χ0n) is 16.8. The van der Waals surface area contributed by atoms with Crippen molar-refractivity contribution in [3.8, 4) is 0 Å². The fourth-order valence-electron chi connectivity index (χ4n) is 2.41. The second-order valence-electron chi connectivity index (χ2n) is 6.58. The predicted octanol–water partition coefficient (Wildman–Crippen LogP) is 3.26. The van der Waals surface area contributed by atoms with Crippen molar-refractivity contribution >= 4 is 27.3 Å². The molecule has 0 spiro atoms. The fourth-order valence-corrected chi connectivity index (χ4v) is 4.85. The van der Waals surface area contributed by atoms with Crippen LogP contribution >= 0.6 is 11.3 Å². The molecule has 1 atom stereocenters. The maximum atomic E-state index is 13.8. The molecule has 2 aromatic rings. The molecule has 0 saturated heterocycles. The summed E-state index contributed by atoms with van der Waals surface area (Å²) in [6.45, 7) is 6.64. The van der Waals surface area contributed by atoms with E-state index in [0.717, 1.165) is 10.4 Å². The van der Waals surface area contributed by atoms with Gasteiger partial charge in [-0.05, 0) is 50.1 Å². The third-order valence-corrected chi connectivity index (χ3v) is 7.51. The van der Waals surface area contributed by atoms with Gasteiger partial charge < -0.3 is 10.6 Å². The molecule has 0 amide bonds. The molecule has 6 nitrogen and oxygen atoms in total. The van der Waals surface area contributed by atoms with Gasteiger partial charge in [0, 0.05) is 25.5 Å². The third kappa shape index (κ3) is 5.52. The smallest absolute Gasteiger partial charge is 0.252 e. The van der Waals surface area contributed by atoms with Crippen LogP contribution in [-0.4, -0.2) is 39.3 Å². The Kier molecular flexibility index (Phi) is 7.56. The van der Waals surface area contributed by atoms with Crippen LogP contribution in [0.25, 0.3) is 0 Å². The number of hydrogen-bond donors (Lipinski definition) is 2. The van der Waals surface area contributed by atoms with Crippen LogP contribution in [0.2, 0.25) is 0 Å². The van der Waals surface area contributed by atoms with Gasteiger partial charge in [-0.3, -0.25) is 0 Å². The first-order valence-electron chi connectivity index (χ1n) is 8.97. The van der Waals surface area contributed by atoms with Crippen molar-refractivity contribution in [1.82, 2.24) is 14.9 Å². The van der Waals surface area contributed by atoms with E-state index in [1.807, 2.05) is 19.9 Å². The van der Waals surface area contributed by atoms with Crippen molar-refractivity contribution in [3.05, 3.63) is 52.2 Å². The number of aliphatic imine (C=N–C) groups is 1. The average molecular weight is 427 g/mol. The van der Waals surface area contributed by atoms with Gasteiger partial charge in [0.1, 0.15) is 10.0 Å². The van der Waals surface area contributed by atoms with Gasteiger partial charge in [0.2, 0.25) is 0 Å². The van der Waals surface area contributed by atoms with E-state index in [9.17, 15) is 12.8 Å². The maximum absolute atomic E-state index is 13.8. The molecule has 28 heavy (non-hydrogen) atoms. The van der Waals surface area contributed by atoms with Gasteiger partial charge in [-0.2, -0.15) is 0 Å². The summed E-state index contributed by atoms with van der Waals surface area (Å²) in [4.78, 5) is 5.37. The van der Waals surface area contributed by atoms with Crippen LogP contribution < -0.4 is 10.6 Å². The molecule has 1 heterocycles. The molecular weight excluding hydrogens is 399 g/mol. The zero-order chi connectivity index (χ0) is 20.9. The molecule has 0 aliphatic carbocycles. The highest BCUT2D eigenvalue weighted by atomic mass is 32.2. The van der Waals surface area contributed by atoms with Gasteiger partial charge in [-0.1, -0.05) is 12.1 Å². The lowest BCUT2D eigenvalue weighted by atomic mass is 10.1. The summed E-state index contributed by atoms with van der Waals surface area (Å²) in [6, 6.07) is 8.40. The quantitative estimate of drug-likeness (QED) is 0.526. The van der Waals surface area contributed by atoms with Crippen molar-refractivity contribution in [2.24, 2.45) is 4.99 Å². The molecule has 2 N–H and O–H groups in total. The molecule has 1 unspecified atom stereocenters. The van der Waals surface area contributed by atoms with Gasteiger partial charge >= 0.3 is 0 Å². The number of halogens is 1. The number of guanidine groups is 1. The van der Waals surface area contributed by atoms with Crippen molar-refractivity contribution in [2.45, 2.75) is 37.6 Å². The lowest BCUT2D eigenvalue weighted by Gasteiger charge is -2.18. The monoisotopic (exact) mass is 426 g/mol. The summed E-state index contributed by atoms with van der Waals surface area (Å²) in [5, 5.41) is 6.41. The van der Waals surface area contributed by atoms with Crippen LogP contribution in [0.1, 0.15) is 35.9 Å². The highest BCUT2D eigenvalue weighted by Gasteiger charge is 2.19. The minimum absolute atomic E-state index is 0.138. The van der Waals surface area contributed by atoms with E-state index in [1.54, 1.807) is 25.1 Å². The number of benzene rings is 1. The van der Waals surface area contributed by atoms with Gasteiger partial charge in [-0.25, -0.2) is 22.1 Å². The largest absolute Gasteiger partial charge is 0.357 e. The van der Waals surface area contributed by atoms with Crippen LogP contribution in [-0.2, 0) is 16.6 Å². The Balaban J connectivity index is 2.12. The number of nitrogens with zero attached hydrogens (tertiary/aromatic N) is 2. The van der Waals surface area contributed by atoms with Gasteiger partial charge in [0.15, 0.2) is 5.96 Å². The molecule has 9 heteroatoms. The first-order valence-corrected chi connectivity index (χ1v) is 11.2. The molecule has 1 aromatic heterocycles. The minimum Gasteiger partial charge on any atom is -0.357 e. The highest BCUT2D eigenvalue weighted by Crippen LogP contribution is 2.24. The van der Waals surface area contributed by atoms with E-state index in [-0.39, 0.29) is 11.9 Å². The third-order valence-electron chi connectivity index (χ3n) is 4.16. The molecule has 0 radical (unpaired) electrons. The maximum Gasteiger partial charge on any atom is 0.252 e. The van der Waals surface area contributed by atoms with E-state index in [0.29, 0.717) is 28.8 Å². The first-order chi connectivity index (χ1) is 13.1. The standard InChI is InChI=1S/C19H27FN4O2S2/c1-6-21-19(23-14(3)15-8-7-13(2)17(20)11-15)22-12-16-9-10-18(27-16)28(25,26)24(4)5/h7-11,14H,6,12H2,1-5H3,(H2,21,22,23). The van der Waals surface area contributed by atoms with E-state index < -0.39 is 10.0 Å². The Hall–Kier alpha value is -1.97. The topological polar surface area (TPSA) is 73.8 Å². The predicted molar refractivity (Wildman–Crippen MR) is 113 cm³/mol. The van der Waals surface area contributed by atoms with E-state index in [4.69, 9.17) is 0 Å². The Labute approximate surface area is 170 Å². The van der Waals surface area contributed by atoms with Crippen LogP contribution in [0.15, 0.2) is 39.5 Å². The number of nitrogens with one attached hydrogen (secondary N) is 2. The first kappa shape index (κ1) is 22.3. The van der Waals surface area contributed by atoms with Crippen LogP contribution in [0.5, 0.6) is 0 Å². The molecule has 2 rings (SSSR count). The highest BCUT2D eigenvalue weighted by molar-refractivity contribution is 7.91. The normalized spacial score (nSPS) is 13.6. The second-order valence-corrected chi connectivity index (χ2v) is 10.1. The Bertz CT molecular complexity index is 939.